The maximum absolute atomic E-state index is 5.23. The van der Waals surface area contributed by atoms with E-state index < -0.39 is 0 Å². The molecule has 0 aliphatic heterocycles. The summed E-state index contributed by atoms with van der Waals surface area (Å²) in [6.07, 6.45) is 1.91. The summed E-state index contributed by atoms with van der Waals surface area (Å²) in [4.78, 5) is 10.2. The van der Waals surface area contributed by atoms with E-state index in [1.165, 1.54) is 71.6 Å². The summed E-state index contributed by atoms with van der Waals surface area (Å²) in [6.45, 7) is 0. The van der Waals surface area contributed by atoms with Crippen LogP contribution in [-0.2, 0) is 0 Å². The highest BCUT2D eigenvalue weighted by Crippen LogP contribution is 2.38. The molecule has 0 N–H and O–H groups in total. The molecule has 12 rings (SSSR count). The molecule has 0 atom stereocenters. The van der Waals surface area contributed by atoms with Gasteiger partial charge >= 0.3 is 0 Å². The lowest BCUT2D eigenvalue weighted by Crippen LogP contribution is -1.92. The minimum atomic E-state index is 0.866. The number of aromatic nitrogens is 3. The van der Waals surface area contributed by atoms with Crippen LogP contribution >= 0.6 is 0 Å². The molecular formula is C58H37N3. The van der Waals surface area contributed by atoms with Gasteiger partial charge in [0, 0.05) is 32.8 Å². The molecule has 2 aromatic heterocycles. The van der Waals surface area contributed by atoms with E-state index in [2.05, 4.69) is 223 Å². The molecule has 0 fully saturated rings. The first-order valence-corrected chi connectivity index (χ1v) is 20.8. The third kappa shape index (κ3) is 5.98. The van der Waals surface area contributed by atoms with Crippen molar-refractivity contribution in [3.63, 3.8) is 0 Å². The van der Waals surface area contributed by atoms with Gasteiger partial charge in [0.05, 0.1) is 34.0 Å². The van der Waals surface area contributed by atoms with Gasteiger partial charge in [0.1, 0.15) is 0 Å². The zero-order chi connectivity index (χ0) is 40.3. The van der Waals surface area contributed by atoms with Crippen LogP contribution in [0.2, 0.25) is 0 Å². The molecule has 10 aromatic carbocycles. The number of fused-ring (bicyclic) bond motifs is 9. The number of benzene rings is 10. The Labute approximate surface area is 353 Å². The number of para-hydroxylation sites is 2. The normalized spacial score (nSPS) is 11.6. The summed E-state index contributed by atoms with van der Waals surface area (Å²) in [5.74, 6) is 0. The molecule has 0 aliphatic carbocycles. The molecule has 12 aromatic rings. The Bertz CT molecular complexity index is 3590. The summed E-state index contributed by atoms with van der Waals surface area (Å²) in [6, 6.07) is 78.5. The van der Waals surface area contributed by atoms with Crippen LogP contribution in [0.3, 0.4) is 0 Å². The molecule has 0 bridgehead atoms. The Hall–Kier alpha value is -8.14. The molecule has 61 heavy (non-hydrogen) atoms. The second kappa shape index (κ2) is 14.3. The van der Waals surface area contributed by atoms with Crippen LogP contribution in [0.25, 0.3) is 116 Å². The maximum Gasteiger partial charge on any atom is 0.0979 e. The van der Waals surface area contributed by atoms with Crippen LogP contribution in [0.5, 0.6) is 0 Å². The SMILES string of the molecule is c1ccc(-n2c3ccccc3c3cc(-c4cccc(-c5ccc(-c6ccc(-c7cccc(-c8cnc9c%10ccccc%10c%10ccccc%10c9n8)c7)cc6)cc5)c4)ccc32)cc1. The van der Waals surface area contributed by atoms with E-state index in [1.807, 2.05) is 6.20 Å². The lowest BCUT2D eigenvalue weighted by molar-refractivity contribution is 1.18. The number of hydrogen-bond acceptors (Lipinski definition) is 2. The standard InChI is InChI=1S/C58H37N3/c1-2-16-47(17-3-1)61-55-23-9-8-20-50(55)53-36-45(32-33-56(53)61)44-14-10-12-42(34-44)40-28-24-38(25-29-40)39-26-30-41(31-27-39)43-13-11-15-46(35-43)54-37-59-57-51-21-6-4-18-48(51)49-19-5-7-22-52(49)58(57)60-54/h1-37H. The van der Waals surface area contributed by atoms with Crippen molar-refractivity contribution < 1.29 is 0 Å². The van der Waals surface area contributed by atoms with Crippen molar-refractivity contribution in [3.8, 4) is 61.5 Å². The summed E-state index contributed by atoms with van der Waals surface area (Å²) in [5, 5.41) is 7.17. The van der Waals surface area contributed by atoms with E-state index in [-0.39, 0.29) is 0 Å². The Morgan fingerprint density at radius 3 is 1.36 bits per heavy atom. The topological polar surface area (TPSA) is 30.7 Å². The Kier molecular flexibility index (Phi) is 8.17. The first-order valence-electron chi connectivity index (χ1n) is 20.8. The van der Waals surface area contributed by atoms with Gasteiger partial charge in [-0.3, -0.25) is 4.98 Å². The zero-order valence-corrected chi connectivity index (χ0v) is 33.2. The van der Waals surface area contributed by atoms with Crippen molar-refractivity contribution in [1.29, 1.82) is 0 Å². The second-order valence-corrected chi connectivity index (χ2v) is 15.8. The third-order valence-electron chi connectivity index (χ3n) is 12.2. The van der Waals surface area contributed by atoms with Crippen molar-refractivity contribution in [2.45, 2.75) is 0 Å². The quantitative estimate of drug-likeness (QED) is 0.158. The van der Waals surface area contributed by atoms with Gasteiger partial charge in [0.2, 0.25) is 0 Å². The van der Waals surface area contributed by atoms with Gasteiger partial charge < -0.3 is 4.57 Å². The molecule has 0 saturated carbocycles. The van der Waals surface area contributed by atoms with E-state index in [4.69, 9.17) is 9.97 Å². The predicted octanol–water partition coefficient (Wildman–Crippen LogP) is 15.4. The molecule has 0 saturated heterocycles. The molecule has 284 valence electrons. The van der Waals surface area contributed by atoms with E-state index >= 15 is 0 Å². The minimum Gasteiger partial charge on any atom is -0.309 e. The highest BCUT2D eigenvalue weighted by atomic mass is 15.0. The molecule has 3 nitrogen and oxygen atoms in total. The van der Waals surface area contributed by atoms with Crippen LogP contribution in [0, 0.1) is 0 Å². The van der Waals surface area contributed by atoms with Crippen LogP contribution < -0.4 is 0 Å². The number of rotatable bonds is 6. The van der Waals surface area contributed by atoms with Crippen LogP contribution in [0.15, 0.2) is 225 Å². The number of hydrogen-bond donors (Lipinski definition) is 0. The predicted molar refractivity (Wildman–Crippen MR) is 256 cm³/mol. The highest BCUT2D eigenvalue weighted by Gasteiger charge is 2.15. The third-order valence-corrected chi connectivity index (χ3v) is 12.2. The Morgan fingerprint density at radius 2 is 0.721 bits per heavy atom. The average Bonchev–Trinajstić information content (AvgIpc) is 3.68. The van der Waals surface area contributed by atoms with Crippen LogP contribution in [0.1, 0.15) is 0 Å². The van der Waals surface area contributed by atoms with E-state index in [0.717, 1.165) is 44.2 Å². The molecule has 0 aliphatic rings. The molecule has 3 heteroatoms. The molecule has 2 heterocycles. The maximum atomic E-state index is 5.23. The van der Waals surface area contributed by atoms with Crippen LogP contribution in [0.4, 0.5) is 0 Å². The monoisotopic (exact) mass is 775 g/mol. The van der Waals surface area contributed by atoms with Gasteiger partial charge in [-0.2, -0.15) is 0 Å². The van der Waals surface area contributed by atoms with E-state index in [1.54, 1.807) is 0 Å². The van der Waals surface area contributed by atoms with Crippen molar-refractivity contribution in [2.75, 3.05) is 0 Å². The minimum absolute atomic E-state index is 0.866. The van der Waals surface area contributed by atoms with Crippen molar-refractivity contribution >= 4 is 54.4 Å². The van der Waals surface area contributed by atoms with Crippen molar-refractivity contribution in [3.05, 3.63) is 225 Å². The fraction of sp³-hybridized carbons (Fsp3) is 0. The first kappa shape index (κ1) is 34.9. The molecule has 0 amide bonds. The lowest BCUT2D eigenvalue weighted by atomic mass is 9.95. The van der Waals surface area contributed by atoms with Crippen LogP contribution in [-0.4, -0.2) is 14.5 Å². The fourth-order valence-electron chi connectivity index (χ4n) is 9.22. The van der Waals surface area contributed by atoms with Gasteiger partial charge in [0.25, 0.3) is 0 Å². The van der Waals surface area contributed by atoms with Gasteiger partial charge in [-0.05, 0) is 97.7 Å². The Balaban J connectivity index is 0.812. The molecule has 0 radical (unpaired) electrons. The number of nitrogens with zero attached hydrogens (tertiary/aromatic N) is 3. The Morgan fingerprint density at radius 1 is 0.279 bits per heavy atom. The van der Waals surface area contributed by atoms with Gasteiger partial charge in [-0.1, -0.05) is 176 Å². The fourth-order valence-corrected chi connectivity index (χ4v) is 9.22. The van der Waals surface area contributed by atoms with Crippen molar-refractivity contribution in [2.24, 2.45) is 0 Å². The largest absolute Gasteiger partial charge is 0.309 e. The lowest BCUT2D eigenvalue weighted by Gasteiger charge is -2.11. The smallest absolute Gasteiger partial charge is 0.0979 e. The van der Waals surface area contributed by atoms with Crippen molar-refractivity contribution in [1.82, 2.24) is 14.5 Å². The van der Waals surface area contributed by atoms with E-state index in [0.29, 0.717) is 0 Å². The van der Waals surface area contributed by atoms with E-state index in [9.17, 15) is 0 Å². The molecule has 0 unspecified atom stereocenters. The summed E-state index contributed by atoms with van der Waals surface area (Å²) < 4.78 is 2.36. The average molecular weight is 776 g/mol. The van der Waals surface area contributed by atoms with Gasteiger partial charge in [-0.15, -0.1) is 0 Å². The second-order valence-electron chi connectivity index (χ2n) is 15.8. The summed E-state index contributed by atoms with van der Waals surface area (Å²) in [7, 11) is 0. The zero-order valence-electron chi connectivity index (χ0n) is 33.2. The first-order chi connectivity index (χ1) is 30.2. The summed E-state index contributed by atoms with van der Waals surface area (Å²) in [5.41, 5.74) is 16.9. The molecular weight excluding hydrogens is 739 g/mol. The highest BCUT2D eigenvalue weighted by molar-refractivity contribution is 6.23. The van der Waals surface area contributed by atoms with Gasteiger partial charge in [-0.25, -0.2) is 4.98 Å². The van der Waals surface area contributed by atoms with Gasteiger partial charge in [0.15, 0.2) is 0 Å². The summed E-state index contributed by atoms with van der Waals surface area (Å²) >= 11 is 0. The molecule has 0 spiro atoms.